The minimum Gasteiger partial charge on any atom is -0.550 e. The number of carbonyl (C=O) groups is 2. The molecule has 1 unspecified atom stereocenters. The number of carbonyl (C=O) groups excluding carboxylic acids is 2. The third-order valence-electron chi connectivity index (χ3n) is 2.06. The molecule has 5 N–H and O–H groups in total. The van der Waals surface area contributed by atoms with Crippen LogP contribution in [0.15, 0.2) is 12.8 Å². The third-order valence-corrected chi connectivity index (χ3v) is 3.64. The van der Waals surface area contributed by atoms with Gasteiger partial charge in [-0.05, 0) is 6.42 Å². The highest BCUT2D eigenvalue weighted by Gasteiger charge is 2.50. The first kappa shape index (κ1) is 17.9. The summed E-state index contributed by atoms with van der Waals surface area (Å²) in [6, 6.07) is 0. The molecule has 0 aromatic rings. The summed E-state index contributed by atoms with van der Waals surface area (Å²) >= 11 is 0. The number of aliphatic carboxylic acids is 1. The van der Waals surface area contributed by atoms with Crippen molar-refractivity contribution >= 4 is 22.1 Å². The summed E-state index contributed by atoms with van der Waals surface area (Å²) in [5, 5.41) is 10.4. The number of rotatable bonds is 6. The Morgan fingerprint density at radius 3 is 2.24 bits per heavy atom. The Labute approximate surface area is 98.6 Å². The van der Waals surface area contributed by atoms with Crippen molar-refractivity contribution in [2.75, 3.05) is 0 Å². The highest BCUT2D eigenvalue weighted by molar-refractivity contribution is 7.88. The molecule has 0 aliphatic carbocycles. The molecule has 100 valence electrons. The van der Waals surface area contributed by atoms with Crippen LogP contribution >= 0.6 is 0 Å². The zero-order valence-electron chi connectivity index (χ0n) is 9.50. The summed E-state index contributed by atoms with van der Waals surface area (Å²) in [7, 11) is -4.94. The molecule has 0 aromatic carbocycles. The minimum absolute atomic E-state index is 0. The molecule has 0 spiro atoms. The van der Waals surface area contributed by atoms with Crippen LogP contribution in [-0.2, 0) is 24.4 Å². The van der Waals surface area contributed by atoms with Gasteiger partial charge in [-0.2, -0.15) is 8.42 Å². The summed E-state index contributed by atoms with van der Waals surface area (Å²) in [5.74, 6) is -3.20. The molecule has 0 bridgehead atoms. The molecule has 0 amide bonds. The quantitative estimate of drug-likeness (QED) is 0.363. The monoisotopic (exact) mass is 269 g/mol. The average Bonchev–Trinajstić information content (AvgIpc) is 2.12. The van der Waals surface area contributed by atoms with Crippen LogP contribution in [-0.4, -0.2) is 29.7 Å². The lowest BCUT2D eigenvalue weighted by molar-refractivity contribution is -0.306. The Morgan fingerprint density at radius 1 is 1.53 bits per heavy atom. The van der Waals surface area contributed by atoms with Crippen molar-refractivity contribution in [3.63, 3.8) is 0 Å². The fraction of sp³-hybridized carbons (Fsp3) is 0.500. The number of esters is 1. The van der Waals surface area contributed by atoms with Gasteiger partial charge in [-0.15, -0.1) is 0 Å². The summed E-state index contributed by atoms with van der Waals surface area (Å²) < 4.78 is 32.7. The van der Waals surface area contributed by atoms with Gasteiger partial charge in [0.1, 0.15) is 0 Å². The van der Waals surface area contributed by atoms with E-state index in [1.807, 2.05) is 0 Å². The number of quaternary nitrogens is 1. The van der Waals surface area contributed by atoms with E-state index < -0.39 is 39.6 Å². The van der Waals surface area contributed by atoms with Crippen LogP contribution < -0.4 is 11.3 Å². The molecule has 9 heteroatoms. The predicted molar refractivity (Wildman–Crippen MR) is 56.5 cm³/mol. The second-order valence-corrected chi connectivity index (χ2v) is 4.68. The van der Waals surface area contributed by atoms with E-state index in [1.165, 1.54) is 6.92 Å². The molecule has 0 rings (SSSR count). The van der Waals surface area contributed by atoms with Crippen molar-refractivity contribution in [3.05, 3.63) is 12.8 Å². The maximum Gasteiger partial charge on any atom is 0.335 e. The van der Waals surface area contributed by atoms with Crippen molar-refractivity contribution in [1.82, 2.24) is 6.15 Å². The Hall–Kier alpha value is -1.45. The van der Waals surface area contributed by atoms with Crippen molar-refractivity contribution in [1.29, 1.82) is 0 Å². The normalized spacial score (nSPS) is 14.0. The zero-order chi connectivity index (χ0) is 13.0. The van der Waals surface area contributed by atoms with E-state index in [4.69, 9.17) is 4.55 Å². The minimum atomic E-state index is -4.94. The number of ether oxygens (including phenoxy) is 1. The Morgan fingerprint density at radius 2 is 2.00 bits per heavy atom. The van der Waals surface area contributed by atoms with Gasteiger partial charge in [0.05, 0.1) is 6.26 Å². The molecule has 8 nitrogen and oxygen atoms in total. The van der Waals surface area contributed by atoms with E-state index >= 15 is 0 Å². The summed E-state index contributed by atoms with van der Waals surface area (Å²) in [6.07, 6.45) is -1.01. The average molecular weight is 269 g/mol. The predicted octanol–water partition coefficient (Wildman–Crippen LogP) is -0.774. The largest absolute Gasteiger partial charge is 0.550 e. The van der Waals surface area contributed by atoms with Gasteiger partial charge >= 0.3 is 5.97 Å². The van der Waals surface area contributed by atoms with Crippen molar-refractivity contribution in [3.8, 4) is 0 Å². The van der Waals surface area contributed by atoms with Crippen LogP contribution in [0.25, 0.3) is 0 Å². The first-order valence-corrected chi connectivity index (χ1v) is 5.64. The van der Waals surface area contributed by atoms with Gasteiger partial charge in [0.25, 0.3) is 10.1 Å². The van der Waals surface area contributed by atoms with Gasteiger partial charge in [-0.3, -0.25) is 4.55 Å². The van der Waals surface area contributed by atoms with Gasteiger partial charge in [0.15, 0.2) is 4.75 Å². The van der Waals surface area contributed by atoms with Crippen LogP contribution in [0.3, 0.4) is 0 Å². The number of hydrogen-bond donors (Lipinski definition) is 2. The fourth-order valence-electron chi connectivity index (χ4n) is 1.14. The van der Waals surface area contributed by atoms with E-state index in [1.54, 1.807) is 0 Å². The lowest BCUT2D eigenvalue weighted by atomic mass is 10.0. The van der Waals surface area contributed by atoms with E-state index in [-0.39, 0.29) is 6.15 Å². The van der Waals surface area contributed by atoms with E-state index in [2.05, 4.69) is 11.3 Å². The lowest BCUT2D eigenvalue weighted by Gasteiger charge is -2.26. The highest BCUT2D eigenvalue weighted by Crippen LogP contribution is 2.27. The molecule has 17 heavy (non-hydrogen) atoms. The molecule has 0 saturated carbocycles. The summed E-state index contributed by atoms with van der Waals surface area (Å²) in [5.41, 5.74) is 0. The van der Waals surface area contributed by atoms with Gasteiger partial charge < -0.3 is 20.8 Å². The first-order valence-electron chi connectivity index (χ1n) is 4.20. The Bertz CT molecular complexity index is 402. The topological polar surface area (TPSA) is 157 Å². The van der Waals surface area contributed by atoms with Crippen LogP contribution in [0.2, 0.25) is 0 Å². The molecule has 0 heterocycles. The fourth-order valence-corrected chi connectivity index (χ4v) is 2.06. The number of carboxylic acid groups (broad SMARTS) is 1. The van der Waals surface area contributed by atoms with Crippen LogP contribution in [0, 0.1) is 0 Å². The molecular weight excluding hydrogens is 254 g/mol. The lowest BCUT2D eigenvalue weighted by Crippen LogP contribution is -2.50. The molecule has 1 atom stereocenters. The second kappa shape index (κ2) is 6.33. The van der Waals surface area contributed by atoms with E-state index in [0.717, 1.165) is 0 Å². The van der Waals surface area contributed by atoms with Gasteiger partial charge in [-0.1, -0.05) is 13.5 Å². The standard InChI is InChI=1S/C8H12O7S.H3N/c1-3-8(5-6(9)10,16(12,13)14)7(11)15-4-2;/h4H,2-3,5H2,1H3,(H,9,10)(H,12,13,14);1H3. The molecule has 0 aromatic heterocycles. The summed E-state index contributed by atoms with van der Waals surface area (Å²) in [6.45, 7) is 4.25. The number of hydrogen-bond acceptors (Lipinski definition) is 6. The Balaban J connectivity index is 0. The highest BCUT2D eigenvalue weighted by atomic mass is 32.2. The van der Waals surface area contributed by atoms with Crippen molar-refractivity contribution < 1.29 is 32.4 Å². The third kappa shape index (κ3) is 3.80. The van der Waals surface area contributed by atoms with Crippen LogP contribution in [0.1, 0.15) is 19.8 Å². The SMILES string of the molecule is C=COC(=O)C(CC)(CC(=O)[O-])S(=O)(=O)O.[NH4+]. The molecule has 0 saturated heterocycles. The second-order valence-electron chi connectivity index (χ2n) is 2.94. The first-order chi connectivity index (χ1) is 7.21. The van der Waals surface area contributed by atoms with Crippen LogP contribution in [0.4, 0.5) is 0 Å². The van der Waals surface area contributed by atoms with Crippen molar-refractivity contribution in [2.45, 2.75) is 24.5 Å². The molecule has 0 fully saturated rings. The zero-order valence-corrected chi connectivity index (χ0v) is 10.3. The molecule has 0 aliphatic rings. The molecule has 0 aliphatic heterocycles. The van der Waals surface area contributed by atoms with E-state index in [0.29, 0.717) is 6.26 Å². The van der Waals surface area contributed by atoms with Crippen molar-refractivity contribution in [2.24, 2.45) is 0 Å². The van der Waals surface area contributed by atoms with Gasteiger partial charge in [0, 0.05) is 12.4 Å². The molecular formula is C8H15NO7S. The Kier molecular flexibility index (Phi) is 6.67. The van der Waals surface area contributed by atoms with Gasteiger partial charge in [-0.25, -0.2) is 4.79 Å². The molecule has 0 radical (unpaired) electrons. The smallest absolute Gasteiger partial charge is 0.335 e. The van der Waals surface area contributed by atoms with Crippen LogP contribution in [0.5, 0.6) is 0 Å². The number of carboxylic acids is 1. The summed E-state index contributed by atoms with van der Waals surface area (Å²) in [4.78, 5) is 21.8. The maximum absolute atomic E-state index is 11.4. The maximum atomic E-state index is 11.4. The van der Waals surface area contributed by atoms with Gasteiger partial charge in [0.2, 0.25) is 0 Å². The van der Waals surface area contributed by atoms with E-state index in [9.17, 15) is 23.1 Å².